The zero-order chi connectivity index (χ0) is 17.7. The summed E-state index contributed by atoms with van der Waals surface area (Å²) in [6.45, 7) is 7.27. The predicted molar refractivity (Wildman–Crippen MR) is 101 cm³/mol. The molecule has 0 aliphatic carbocycles. The number of aliphatic imine (C=N–C) groups is 1. The smallest absolute Gasteiger partial charge is 0.191 e. The van der Waals surface area contributed by atoms with Gasteiger partial charge in [-0.25, -0.2) is 0 Å². The van der Waals surface area contributed by atoms with Crippen molar-refractivity contribution in [1.29, 1.82) is 0 Å². The summed E-state index contributed by atoms with van der Waals surface area (Å²) in [4.78, 5) is 4.21. The van der Waals surface area contributed by atoms with E-state index in [-0.39, 0.29) is 5.60 Å². The van der Waals surface area contributed by atoms with E-state index in [4.69, 9.17) is 9.47 Å². The van der Waals surface area contributed by atoms with Crippen LogP contribution in [-0.2, 0) is 15.9 Å². The standard InChI is InChI=1S/C19H33N3O2/c1-19(2,23-4)16-22-18(20-3)21-13-8-9-14-24-15-12-17-10-6-5-7-11-17/h5-7,10-11H,8-9,12-16H2,1-4H3,(H2,20,21,22). The molecule has 0 saturated carbocycles. The topological polar surface area (TPSA) is 54.9 Å². The largest absolute Gasteiger partial charge is 0.381 e. The van der Waals surface area contributed by atoms with Crippen molar-refractivity contribution in [1.82, 2.24) is 10.6 Å². The molecule has 1 aromatic rings. The van der Waals surface area contributed by atoms with E-state index in [9.17, 15) is 0 Å². The van der Waals surface area contributed by atoms with Crippen LogP contribution in [0.25, 0.3) is 0 Å². The van der Waals surface area contributed by atoms with Gasteiger partial charge in [0.2, 0.25) is 0 Å². The van der Waals surface area contributed by atoms with Gasteiger partial charge in [-0.2, -0.15) is 0 Å². The van der Waals surface area contributed by atoms with Gasteiger partial charge in [-0.3, -0.25) is 4.99 Å². The zero-order valence-electron chi connectivity index (χ0n) is 15.6. The van der Waals surface area contributed by atoms with E-state index < -0.39 is 0 Å². The highest BCUT2D eigenvalue weighted by molar-refractivity contribution is 5.79. The van der Waals surface area contributed by atoms with E-state index in [0.717, 1.165) is 45.0 Å². The van der Waals surface area contributed by atoms with Crippen molar-refractivity contribution in [3.8, 4) is 0 Å². The van der Waals surface area contributed by atoms with Gasteiger partial charge in [0.15, 0.2) is 5.96 Å². The van der Waals surface area contributed by atoms with Gasteiger partial charge in [0.25, 0.3) is 0 Å². The molecule has 1 aromatic carbocycles. The van der Waals surface area contributed by atoms with Crippen LogP contribution in [0.5, 0.6) is 0 Å². The molecule has 0 atom stereocenters. The molecule has 1 rings (SSSR count). The SMILES string of the molecule is CN=C(NCCCCOCCc1ccccc1)NCC(C)(C)OC. The van der Waals surface area contributed by atoms with Crippen molar-refractivity contribution in [3.63, 3.8) is 0 Å². The molecule has 0 radical (unpaired) electrons. The fourth-order valence-corrected chi connectivity index (χ4v) is 2.06. The highest BCUT2D eigenvalue weighted by atomic mass is 16.5. The quantitative estimate of drug-likeness (QED) is 0.371. The van der Waals surface area contributed by atoms with Crippen LogP contribution in [0.1, 0.15) is 32.3 Å². The minimum Gasteiger partial charge on any atom is -0.381 e. The third-order valence-electron chi connectivity index (χ3n) is 3.84. The number of guanidine groups is 1. The van der Waals surface area contributed by atoms with E-state index >= 15 is 0 Å². The van der Waals surface area contributed by atoms with Crippen LogP contribution >= 0.6 is 0 Å². The van der Waals surface area contributed by atoms with Crippen molar-refractivity contribution >= 4 is 5.96 Å². The molecule has 5 nitrogen and oxygen atoms in total. The molecule has 0 aliphatic rings. The number of nitrogens with zero attached hydrogens (tertiary/aromatic N) is 1. The fraction of sp³-hybridized carbons (Fsp3) is 0.632. The summed E-state index contributed by atoms with van der Waals surface area (Å²) in [5.74, 6) is 0.810. The van der Waals surface area contributed by atoms with Gasteiger partial charge in [-0.15, -0.1) is 0 Å². The van der Waals surface area contributed by atoms with Crippen LogP contribution in [0, 0.1) is 0 Å². The Labute approximate surface area is 146 Å². The summed E-state index contributed by atoms with van der Waals surface area (Å²) in [7, 11) is 3.50. The van der Waals surface area contributed by atoms with Gasteiger partial charge in [-0.05, 0) is 38.7 Å². The number of hydrogen-bond donors (Lipinski definition) is 2. The molecule has 24 heavy (non-hydrogen) atoms. The van der Waals surface area contributed by atoms with Gasteiger partial charge < -0.3 is 20.1 Å². The number of unbranched alkanes of at least 4 members (excludes halogenated alkanes) is 1. The Morgan fingerprint density at radius 3 is 2.50 bits per heavy atom. The Kier molecular flexibility index (Phi) is 10.1. The summed E-state index contributed by atoms with van der Waals surface area (Å²) < 4.78 is 11.1. The minimum atomic E-state index is -0.204. The second kappa shape index (κ2) is 11.9. The van der Waals surface area contributed by atoms with E-state index in [1.807, 2.05) is 19.9 Å². The van der Waals surface area contributed by atoms with E-state index in [2.05, 4.69) is 39.9 Å². The normalized spacial score (nSPS) is 12.2. The van der Waals surface area contributed by atoms with Crippen molar-refractivity contribution in [3.05, 3.63) is 35.9 Å². The van der Waals surface area contributed by atoms with Crippen molar-refractivity contribution in [2.45, 2.75) is 38.7 Å². The Morgan fingerprint density at radius 2 is 1.83 bits per heavy atom. The third-order valence-corrected chi connectivity index (χ3v) is 3.84. The third kappa shape index (κ3) is 9.53. The van der Waals surface area contributed by atoms with E-state index in [1.165, 1.54) is 5.56 Å². The number of ether oxygens (including phenoxy) is 2. The zero-order valence-corrected chi connectivity index (χ0v) is 15.6. The van der Waals surface area contributed by atoms with Crippen LogP contribution in [-0.4, -0.2) is 52.0 Å². The molecular formula is C19H33N3O2. The molecule has 0 fully saturated rings. The Balaban J connectivity index is 2.00. The molecule has 136 valence electrons. The van der Waals surface area contributed by atoms with Crippen molar-refractivity contribution in [2.24, 2.45) is 4.99 Å². The fourth-order valence-electron chi connectivity index (χ4n) is 2.06. The lowest BCUT2D eigenvalue weighted by Gasteiger charge is -2.24. The monoisotopic (exact) mass is 335 g/mol. The van der Waals surface area contributed by atoms with Crippen LogP contribution < -0.4 is 10.6 Å². The van der Waals surface area contributed by atoms with Gasteiger partial charge in [0.1, 0.15) is 0 Å². The van der Waals surface area contributed by atoms with Gasteiger partial charge in [-0.1, -0.05) is 30.3 Å². The number of hydrogen-bond acceptors (Lipinski definition) is 3. The lowest BCUT2D eigenvalue weighted by Crippen LogP contribution is -2.45. The van der Waals surface area contributed by atoms with Crippen LogP contribution in [0.3, 0.4) is 0 Å². The molecule has 0 spiro atoms. The minimum absolute atomic E-state index is 0.204. The number of methoxy groups -OCH3 is 1. The first-order chi connectivity index (χ1) is 11.6. The summed E-state index contributed by atoms with van der Waals surface area (Å²) in [6.07, 6.45) is 3.08. The molecule has 0 aliphatic heterocycles. The lowest BCUT2D eigenvalue weighted by molar-refractivity contribution is 0.0268. The molecule has 0 saturated heterocycles. The molecule has 0 amide bonds. The molecule has 0 aromatic heterocycles. The summed E-state index contributed by atoms with van der Waals surface area (Å²) >= 11 is 0. The molecular weight excluding hydrogens is 302 g/mol. The predicted octanol–water partition coefficient (Wildman–Crippen LogP) is 2.62. The average Bonchev–Trinajstić information content (AvgIpc) is 2.60. The maximum absolute atomic E-state index is 5.69. The van der Waals surface area contributed by atoms with Crippen LogP contribution in [0.2, 0.25) is 0 Å². The molecule has 0 bridgehead atoms. The number of benzene rings is 1. The van der Waals surface area contributed by atoms with Gasteiger partial charge >= 0.3 is 0 Å². The molecule has 2 N–H and O–H groups in total. The maximum atomic E-state index is 5.69. The second-order valence-electron chi connectivity index (χ2n) is 6.37. The van der Waals surface area contributed by atoms with Crippen LogP contribution in [0.4, 0.5) is 0 Å². The highest BCUT2D eigenvalue weighted by Crippen LogP contribution is 2.04. The van der Waals surface area contributed by atoms with Crippen molar-refractivity contribution in [2.75, 3.05) is 40.5 Å². The van der Waals surface area contributed by atoms with Crippen molar-refractivity contribution < 1.29 is 9.47 Å². The Hall–Kier alpha value is -1.59. The highest BCUT2D eigenvalue weighted by Gasteiger charge is 2.16. The number of rotatable bonds is 11. The first-order valence-corrected chi connectivity index (χ1v) is 8.69. The first kappa shape index (κ1) is 20.5. The van der Waals surface area contributed by atoms with Gasteiger partial charge in [0.05, 0.1) is 12.2 Å². The summed E-state index contributed by atoms with van der Waals surface area (Å²) in [5, 5.41) is 6.58. The molecule has 0 unspecified atom stereocenters. The lowest BCUT2D eigenvalue weighted by atomic mass is 10.1. The molecule has 5 heteroatoms. The Morgan fingerprint density at radius 1 is 1.08 bits per heavy atom. The van der Waals surface area contributed by atoms with Gasteiger partial charge in [0, 0.05) is 33.9 Å². The average molecular weight is 335 g/mol. The second-order valence-corrected chi connectivity index (χ2v) is 6.37. The Bertz CT molecular complexity index is 461. The van der Waals surface area contributed by atoms with E-state index in [1.54, 1.807) is 14.2 Å². The number of nitrogens with one attached hydrogen (secondary N) is 2. The van der Waals surface area contributed by atoms with Crippen LogP contribution in [0.15, 0.2) is 35.3 Å². The molecule has 0 heterocycles. The summed E-state index contributed by atoms with van der Waals surface area (Å²) in [6, 6.07) is 10.4. The summed E-state index contributed by atoms with van der Waals surface area (Å²) in [5.41, 5.74) is 1.12. The first-order valence-electron chi connectivity index (χ1n) is 8.69. The maximum Gasteiger partial charge on any atom is 0.191 e. The van der Waals surface area contributed by atoms with E-state index in [0.29, 0.717) is 6.54 Å².